The summed E-state index contributed by atoms with van der Waals surface area (Å²) in [5.41, 5.74) is 7.78. The Balaban J connectivity index is 1.95. The van der Waals surface area contributed by atoms with Crippen molar-refractivity contribution in [2.75, 3.05) is 31.4 Å². The summed E-state index contributed by atoms with van der Waals surface area (Å²) < 4.78 is 12.8. The van der Waals surface area contributed by atoms with Crippen LogP contribution in [0, 0.1) is 0 Å². The Labute approximate surface area is 117 Å². The van der Waals surface area contributed by atoms with Crippen LogP contribution in [0.3, 0.4) is 0 Å². The number of benzene rings is 1. The number of aromatic nitrogens is 2. The molecular weight excluding hydrogens is 256 g/mol. The number of methoxy groups -OCH3 is 2. The van der Waals surface area contributed by atoms with E-state index in [-0.39, 0.29) is 0 Å². The number of rotatable bonds is 3. The van der Waals surface area contributed by atoms with Crippen molar-refractivity contribution in [3.8, 4) is 11.5 Å². The molecule has 2 heterocycles. The number of hydrogen-bond acceptors (Lipinski definition) is 5. The van der Waals surface area contributed by atoms with Crippen molar-refractivity contribution in [3.63, 3.8) is 0 Å². The van der Waals surface area contributed by atoms with E-state index in [1.54, 1.807) is 20.3 Å². The SMILES string of the molecule is COc1cc(N)c(N2CCn3ccnc3C2)cc1OC. The van der Waals surface area contributed by atoms with E-state index in [1.165, 1.54) is 0 Å². The number of imidazole rings is 1. The van der Waals surface area contributed by atoms with E-state index in [0.29, 0.717) is 17.2 Å². The summed E-state index contributed by atoms with van der Waals surface area (Å²) in [6, 6.07) is 3.72. The number of fused-ring (bicyclic) bond motifs is 1. The highest BCUT2D eigenvalue weighted by Crippen LogP contribution is 2.37. The Hall–Kier alpha value is -2.37. The summed E-state index contributed by atoms with van der Waals surface area (Å²) in [5, 5.41) is 0. The van der Waals surface area contributed by atoms with E-state index in [0.717, 1.165) is 31.1 Å². The number of nitrogen functional groups attached to an aromatic ring is 1. The zero-order valence-corrected chi connectivity index (χ0v) is 11.7. The maximum absolute atomic E-state index is 6.14. The van der Waals surface area contributed by atoms with E-state index >= 15 is 0 Å². The molecule has 1 aliphatic heterocycles. The molecule has 0 unspecified atom stereocenters. The Morgan fingerprint density at radius 1 is 1.15 bits per heavy atom. The molecule has 0 saturated carbocycles. The molecule has 1 aliphatic rings. The third-order valence-electron chi connectivity index (χ3n) is 3.62. The molecule has 6 heteroatoms. The Morgan fingerprint density at radius 3 is 2.65 bits per heavy atom. The summed E-state index contributed by atoms with van der Waals surface area (Å²) in [6.07, 6.45) is 3.83. The van der Waals surface area contributed by atoms with Crippen molar-refractivity contribution in [2.45, 2.75) is 13.1 Å². The van der Waals surface area contributed by atoms with Gasteiger partial charge in [-0.15, -0.1) is 0 Å². The van der Waals surface area contributed by atoms with Gasteiger partial charge in [0.25, 0.3) is 0 Å². The molecule has 2 aromatic rings. The fraction of sp³-hybridized carbons (Fsp3) is 0.357. The van der Waals surface area contributed by atoms with E-state index in [1.807, 2.05) is 18.5 Å². The Kier molecular flexibility index (Phi) is 3.14. The number of nitrogens with zero attached hydrogens (tertiary/aromatic N) is 3. The Bertz CT molecular complexity index is 624. The second-order valence-electron chi connectivity index (χ2n) is 4.72. The first-order valence-corrected chi connectivity index (χ1v) is 6.49. The van der Waals surface area contributed by atoms with Crippen molar-refractivity contribution in [1.82, 2.24) is 9.55 Å². The van der Waals surface area contributed by atoms with Gasteiger partial charge in [-0.1, -0.05) is 0 Å². The van der Waals surface area contributed by atoms with Gasteiger partial charge in [-0.2, -0.15) is 0 Å². The molecule has 106 valence electrons. The summed E-state index contributed by atoms with van der Waals surface area (Å²) >= 11 is 0. The number of ether oxygens (including phenoxy) is 2. The van der Waals surface area contributed by atoms with E-state index < -0.39 is 0 Å². The van der Waals surface area contributed by atoms with Crippen molar-refractivity contribution in [1.29, 1.82) is 0 Å². The van der Waals surface area contributed by atoms with E-state index in [9.17, 15) is 0 Å². The van der Waals surface area contributed by atoms with Crippen LogP contribution in [0.2, 0.25) is 0 Å². The average molecular weight is 274 g/mol. The van der Waals surface area contributed by atoms with Crippen molar-refractivity contribution < 1.29 is 9.47 Å². The summed E-state index contributed by atoms with van der Waals surface area (Å²) in [7, 11) is 3.23. The van der Waals surface area contributed by atoms with Crippen LogP contribution >= 0.6 is 0 Å². The molecule has 0 saturated heterocycles. The summed E-state index contributed by atoms with van der Waals surface area (Å²) in [5.74, 6) is 2.38. The maximum atomic E-state index is 6.14. The quantitative estimate of drug-likeness (QED) is 0.859. The molecule has 3 rings (SSSR count). The molecule has 1 aromatic heterocycles. The van der Waals surface area contributed by atoms with Gasteiger partial charge in [-0.05, 0) is 0 Å². The zero-order valence-electron chi connectivity index (χ0n) is 11.7. The Morgan fingerprint density at radius 2 is 1.90 bits per heavy atom. The average Bonchev–Trinajstić information content (AvgIpc) is 2.94. The first-order chi connectivity index (χ1) is 9.72. The van der Waals surface area contributed by atoms with Gasteiger partial charge in [-0.25, -0.2) is 4.98 Å². The molecular formula is C14H18N4O2. The summed E-state index contributed by atoms with van der Waals surface area (Å²) in [6.45, 7) is 2.54. The molecule has 1 aromatic carbocycles. The minimum absolute atomic E-state index is 0.646. The molecule has 0 bridgehead atoms. The second-order valence-corrected chi connectivity index (χ2v) is 4.72. The smallest absolute Gasteiger partial charge is 0.162 e. The van der Waals surface area contributed by atoms with E-state index in [4.69, 9.17) is 15.2 Å². The minimum Gasteiger partial charge on any atom is -0.493 e. The maximum Gasteiger partial charge on any atom is 0.162 e. The molecule has 20 heavy (non-hydrogen) atoms. The summed E-state index contributed by atoms with van der Waals surface area (Å²) in [4.78, 5) is 6.57. The topological polar surface area (TPSA) is 65.5 Å². The lowest BCUT2D eigenvalue weighted by atomic mass is 10.2. The zero-order chi connectivity index (χ0) is 14.1. The van der Waals surface area contributed by atoms with Crippen LogP contribution in [0.25, 0.3) is 0 Å². The van der Waals surface area contributed by atoms with Gasteiger partial charge in [-0.3, -0.25) is 0 Å². The molecule has 6 nitrogen and oxygen atoms in total. The number of hydrogen-bond donors (Lipinski definition) is 1. The normalized spacial score (nSPS) is 14.0. The molecule has 0 amide bonds. The van der Waals surface area contributed by atoms with Gasteiger partial charge >= 0.3 is 0 Å². The highest BCUT2D eigenvalue weighted by molar-refractivity contribution is 5.73. The van der Waals surface area contributed by atoms with Gasteiger partial charge in [0.2, 0.25) is 0 Å². The van der Waals surface area contributed by atoms with Crippen LogP contribution in [-0.2, 0) is 13.1 Å². The number of nitrogens with two attached hydrogens (primary N) is 1. The fourth-order valence-electron chi connectivity index (χ4n) is 2.54. The minimum atomic E-state index is 0.646. The van der Waals surface area contributed by atoms with Crippen molar-refractivity contribution >= 4 is 11.4 Å². The first-order valence-electron chi connectivity index (χ1n) is 6.49. The highest BCUT2D eigenvalue weighted by Gasteiger charge is 2.20. The molecule has 2 N–H and O–H groups in total. The van der Waals surface area contributed by atoms with Gasteiger partial charge in [0.15, 0.2) is 11.5 Å². The highest BCUT2D eigenvalue weighted by atomic mass is 16.5. The predicted molar refractivity (Wildman–Crippen MR) is 77.2 cm³/mol. The van der Waals surface area contributed by atoms with Gasteiger partial charge < -0.3 is 24.7 Å². The van der Waals surface area contributed by atoms with Crippen LogP contribution in [-0.4, -0.2) is 30.3 Å². The molecule has 0 spiro atoms. The molecule has 0 aliphatic carbocycles. The van der Waals surface area contributed by atoms with Crippen LogP contribution in [0.4, 0.5) is 11.4 Å². The van der Waals surface area contributed by atoms with Gasteiger partial charge in [0.1, 0.15) is 5.82 Å². The second kappa shape index (κ2) is 4.96. The van der Waals surface area contributed by atoms with Crippen LogP contribution in [0.1, 0.15) is 5.82 Å². The van der Waals surface area contributed by atoms with Crippen LogP contribution in [0.5, 0.6) is 11.5 Å². The van der Waals surface area contributed by atoms with Crippen LogP contribution in [0.15, 0.2) is 24.5 Å². The standard InChI is InChI=1S/C14H18N4O2/c1-19-12-7-10(15)11(8-13(12)20-2)18-6-5-17-4-3-16-14(17)9-18/h3-4,7-8H,5-6,9,15H2,1-2H3. The first kappa shape index (κ1) is 12.7. The molecule has 0 atom stereocenters. The van der Waals surface area contributed by atoms with Crippen molar-refractivity contribution in [2.24, 2.45) is 0 Å². The molecule has 0 radical (unpaired) electrons. The lowest BCUT2D eigenvalue weighted by Gasteiger charge is -2.31. The lowest BCUT2D eigenvalue weighted by Crippen LogP contribution is -2.34. The van der Waals surface area contributed by atoms with Gasteiger partial charge in [0, 0.05) is 37.6 Å². The largest absolute Gasteiger partial charge is 0.493 e. The third-order valence-corrected chi connectivity index (χ3v) is 3.62. The lowest BCUT2D eigenvalue weighted by molar-refractivity contribution is 0.355. The van der Waals surface area contributed by atoms with E-state index in [2.05, 4.69) is 14.5 Å². The third kappa shape index (κ3) is 2.03. The molecule has 0 fully saturated rings. The van der Waals surface area contributed by atoms with Crippen LogP contribution < -0.4 is 20.1 Å². The number of anilines is 2. The predicted octanol–water partition coefficient (Wildman–Crippen LogP) is 1.50. The fourth-order valence-corrected chi connectivity index (χ4v) is 2.54. The van der Waals surface area contributed by atoms with Gasteiger partial charge in [0.05, 0.1) is 32.1 Å². The van der Waals surface area contributed by atoms with Crippen molar-refractivity contribution in [3.05, 3.63) is 30.4 Å². The monoisotopic (exact) mass is 274 g/mol.